The second kappa shape index (κ2) is 5.38. The van der Waals surface area contributed by atoms with Crippen molar-refractivity contribution in [1.82, 2.24) is 5.43 Å². The lowest BCUT2D eigenvalue weighted by Crippen LogP contribution is -2.22. The van der Waals surface area contributed by atoms with Crippen LogP contribution in [0.15, 0.2) is 15.6 Å². The average Bonchev–Trinajstić information content (AvgIpc) is 2.66. The molecule has 0 radical (unpaired) electrons. The van der Waals surface area contributed by atoms with Gasteiger partial charge in [-0.3, -0.25) is 4.79 Å². The van der Waals surface area contributed by atoms with Gasteiger partial charge < -0.3 is 4.42 Å². The van der Waals surface area contributed by atoms with E-state index >= 15 is 0 Å². The second-order valence-corrected chi connectivity index (χ2v) is 5.15. The molecule has 1 saturated carbocycles. The summed E-state index contributed by atoms with van der Waals surface area (Å²) in [6, 6.07) is 1.74. The number of hydrogen-bond donors (Lipinski definition) is 1. The van der Waals surface area contributed by atoms with Crippen molar-refractivity contribution < 1.29 is 9.21 Å². The van der Waals surface area contributed by atoms with Crippen LogP contribution in [0.4, 0.5) is 0 Å². The van der Waals surface area contributed by atoms with E-state index in [1.54, 1.807) is 13.0 Å². The van der Waals surface area contributed by atoms with Crippen molar-refractivity contribution in [3.63, 3.8) is 0 Å². The standard InChI is InChI=1S/C14H20N2O2/c1-9-5-4-6-12(7-9)15-16-14(17)13-8-10(2)18-11(13)3/h8-9H,4-7H2,1-3H3,(H,16,17)/b15-12+/t9-/m1/s1. The van der Waals surface area contributed by atoms with Crippen LogP contribution in [0.5, 0.6) is 0 Å². The number of carbonyl (C=O) groups excluding carboxylic acids is 1. The van der Waals surface area contributed by atoms with Crippen LogP contribution in [0.1, 0.15) is 54.5 Å². The summed E-state index contributed by atoms with van der Waals surface area (Å²) >= 11 is 0. The van der Waals surface area contributed by atoms with E-state index in [0.717, 1.165) is 24.3 Å². The minimum atomic E-state index is -0.185. The lowest BCUT2D eigenvalue weighted by Gasteiger charge is -2.18. The largest absolute Gasteiger partial charge is 0.466 e. The molecule has 1 heterocycles. The first-order chi connectivity index (χ1) is 8.56. The molecule has 1 aliphatic rings. The van der Waals surface area contributed by atoms with Gasteiger partial charge in [0, 0.05) is 5.71 Å². The van der Waals surface area contributed by atoms with Crippen LogP contribution in [0.3, 0.4) is 0 Å². The molecule has 2 rings (SSSR count). The molecule has 4 nitrogen and oxygen atoms in total. The van der Waals surface area contributed by atoms with Gasteiger partial charge in [0.25, 0.3) is 5.91 Å². The molecule has 4 heteroatoms. The Kier molecular flexibility index (Phi) is 3.84. The normalized spacial score (nSPS) is 22.2. The highest BCUT2D eigenvalue weighted by atomic mass is 16.3. The molecule has 1 aliphatic carbocycles. The summed E-state index contributed by atoms with van der Waals surface area (Å²) in [5.74, 6) is 1.88. The number of carbonyl (C=O) groups is 1. The zero-order valence-corrected chi connectivity index (χ0v) is 11.2. The van der Waals surface area contributed by atoms with E-state index in [1.807, 2.05) is 6.92 Å². The molecule has 1 aromatic heterocycles. The summed E-state index contributed by atoms with van der Waals surface area (Å²) in [7, 11) is 0. The number of amides is 1. The van der Waals surface area contributed by atoms with Gasteiger partial charge in [-0.25, -0.2) is 5.43 Å². The number of nitrogens with one attached hydrogen (secondary N) is 1. The molecule has 1 amide bonds. The smallest absolute Gasteiger partial charge is 0.274 e. The van der Waals surface area contributed by atoms with Crippen LogP contribution in [0.25, 0.3) is 0 Å². The van der Waals surface area contributed by atoms with Crippen LogP contribution >= 0.6 is 0 Å². The molecule has 1 atom stereocenters. The van der Waals surface area contributed by atoms with E-state index in [9.17, 15) is 4.79 Å². The molecule has 0 spiro atoms. The van der Waals surface area contributed by atoms with Crippen LogP contribution in [0.2, 0.25) is 0 Å². The Labute approximate surface area is 107 Å². The molecule has 1 fully saturated rings. The van der Waals surface area contributed by atoms with E-state index in [0.29, 0.717) is 17.2 Å². The number of hydrazone groups is 1. The van der Waals surface area contributed by atoms with E-state index < -0.39 is 0 Å². The topological polar surface area (TPSA) is 54.6 Å². The van der Waals surface area contributed by atoms with Crippen molar-refractivity contribution in [3.05, 3.63) is 23.2 Å². The van der Waals surface area contributed by atoms with E-state index in [4.69, 9.17) is 4.42 Å². The summed E-state index contributed by atoms with van der Waals surface area (Å²) in [4.78, 5) is 11.9. The lowest BCUT2D eigenvalue weighted by atomic mass is 9.89. The van der Waals surface area contributed by atoms with Gasteiger partial charge in [-0.15, -0.1) is 0 Å². The highest BCUT2D eigenvalue weighted by Crippen LogP contribution is 2.21. The SMILES string of the molecule is Cc1cc(C(=O)N/N=C2\CCC[C@@H](C)C2)c(C)o1. The number of rotatable bonds is 2. The number of furan rings is 1. The first-order valence-electron chi connectivity index (χ1n) is 6.49. The zero-order valence-electron chi connectivity index (χ0n) is 11.2. The van der Waals surface area contributed by atoms with Crippen molar-refractivity contribution in [2.75, 3.05) is 0 Å². The Morgan fingerprint density at radius 1 is 1.50 bits per heavy atom. The minimum absolute atomic E-state index is 0.185. The third-order valence-corrected chi connectivity index (χ3v) is 3.35. The second-order valence-electron chi connectivity index (χ2n) is 5.15. The maximum absolute atomic E-state index is 11.9. The van der Waals surface area contributed by atoms with Crippen LogP contribution < -0.4 is 5.43 Å². The summed E-state index contributed by atoms with van der Waals surface area (Å²) < 4.78 is 5.34. The fourth-order valence-corrected chi connectivity index (χ4v) is 2.41. The Balaban J connectivity index is 1.99. The van der Waals surface area contributed by atoms with Crippen molar-refractivity contribution in [1.29, 1.82) is 0 Å². The molecule has 0 bridgehead atoms. The van der Waals surface area contributed by atoms with Gasteiger partial charge in [-0.05, 0) is 51.5 Å². The zero-order chi connectivity index (χ0) is 13.1. The number of nitrogens with zero attached hydrogens (tertiary/aromatic N) is 1. The molecule has 0 aromatic carbocycles. The fourth-order valence-electron chi connectivity index (χ4n) is 2.41. The summed E-state index contributed by atoms with van der Waals surface area (Å²) in [5.41, 5.74) is 4.30. The monoisotopic (exact) mass is 248 g/mol. The van der Waals surface area contributed by atoms with Crippen LogP contribution in [0, 0.1) is 19.8 Å². The van der Waals surface area contributed by atoms with Gasteiger partial charge >= 0.3 is 0 Å². The minimum Gasteiger partial charge on any atom is -0.466 e. The Morgan fingerprint density at radius 2 is 2.28 bits per heavy atom. The molecule has 0 aliphatic heterocycles. The van der Waals surface area contributed by atoms with Crippen molar-refractivity contribution in [2.45, 2.75) is 46.5 Å². The van der Waals surface area contributed by atoms with E-state index in [2.05, 4.69) is 17.5 Å². The molecular weight excluding hydrogens is 228 g/mol. The maximum atomic E-state index is 11.9. The predicted octanol–water partition coefficient (Wildman–Crippen LogP) is 3.19. The molecule has 98 valence electrons. The first-order valence-corrected chi connectivity index (χ1v) is 6.49. The summed E-state index contributed by atoms with van der Waals surface area (Å²) in [6.07, 6.45) is 4.41. The molecule has 1 aromatic rings. The molecule has 0 unspecified atom stereocenters. The summed E-state index contributed by atoms with van der Waals surface area (Å²) in [5, 5.41) is 4.24. The maximum Gasteiger partial charge on any atom is 0.274 e. The van der Waals surface area contributed by atoms with Crippen molar-refractivity contribution in [3.8, 4) is 0 Å². The van der Waals surface area contributed by atoms with Crippen LogP contribution in [-0.2, 0) is 0 Å². The van der Waals surface area contributed by atoms with Crippen molar-refractivity contribution in [2.24, 2.45) is 11.0 Å². The summed E-state index contributed by atoms with van der Waals surface area (Å²) in [6.45, 7) is 5.84. The third kappa shape index (κ3) is 3.00. The Morgan fingerprint density at radius 3 is 2.89 bits per heavy atom. The van der Waals surface area contributed by atoms with Gasteiger partial charge in [0.05, 0.1) is 5.56 Å². The number of hydrogen-bond acceptors (Lipinski definition) is 3. The fraction of sp³-hybridized carbons (Fsp3) is 0.571. The first kappa shape index (κ1) is 12.9. The van der Waals surface area contributed by atoms with E-state index in [-0.39, 0.29) is 5.91 Å². The molecule has 0 saturated heterocycles. The Bertz CT molecular complexity index is 474. The molecular formula is C14H20N2O2. The quantitative estimate of drug-likeness (QED) is 0.817. The van der Waals surface area contributed by atoms with Gasteiger partial charge in [0.15, 0.2) is 0 Å². The highest BCUT2D eigenvalue weighted by molar-refractivity contribution is 5.96. The third-order valence-electron chi connectivity index (χ3n) is 3.35. The van der Waals surface area contributed by atoms with E-state index in [1.165, 1.54) is 12.8 Å². The van der Waals surface area contributed by atoms with Gasteiger partial charge in [-0.2, -0.15) is 5.10 Å². The van der Waals surface area contributed by atoms with Crippen molar-refractivity contribution >= 4 is 11.6 Å². The average molecular weight is 248 g/mol. The van der Waals surface area contributed by atoms with Gasteiger partial charge in [-0.1, -0.05) is 6.92 Å². The van der Waals surface area contributed by atoms with Gasteiger partial charge in [0.2, 0.25) is 0 Å². The predicted molar refractivity (Wildman–Crippen MR) is 70.7 cm³/mol. The highest BCUT2D eigenvalue weighted by Gasteiger charge is 2.16. The van der Waals surface area contributed by atoms with Gasteiger partial charge in [0.1, 0.15) is 11.5 Å². The number of aryl methyl sites for hydroxylation is 2. The molecule has 1 N–H and O–H groups in total. The Hall–Kier alpha value is -1.58. The molecule has 18 heavy (non-hydrogen) atoms. The lowest BCUT2D eigenvalue weighted by molar-refractivity contribution is 0.0953. The van der Waals surface area contributed by atoms with Crippen LogP contribution in [-0.4, -0.2) is 11.6 Å².